The second-order valence-electron chi connectivity index (χ2n) is 4.57. The quantitative estimate of drug-likeness (QED) is 0.798. The molecule has 2 aliphatic heterocycles. The minimum Gasteiger partial charge on any atom is -0.426 e. The van der Waals surface area contributed by atoms with Crippen LogP contribution in [0.3, 0.4) is 0 Å². The maximum Gasteiger partial charge on any atom is 0.353 e. The first-order valence-electron chi connectivity index (χ1n) is 6.31. The Bertz CT molecular complexity index is 615. The van der Waals surface area contributed by atoms with E-state index < -0.39 is 12.3 Å². The van der Waals surface area contributed by atoms with Gasteiger partial charge in [-0.2, -0.15) is 0 Å². The van der Waals surface area contributed by atoms with Crippen LogP contribution in [-0.2, 0) is 19.1 Å². The van der Waals surface area contributed by atoms with Gasteiger partial charge >= 0.3 is 5.97 Å². The van der Waals surface area contributed by atoms with E-state index in [1.54, 1.807) is 0 Å². The summed E-state index contributed by atoms with van der Waals surface area (Å²) >= 11 is 11.5. The van der Waals surface area contributed by atoms with Crippen LogP contribution < -0.4 is 0 Å². The minimum absolute atomic E-state index is 0.0591. The highest BCUT2D eigenvalue weighted by atomic mass is 35.5. The Kier molecular flexibility index (Phi) is 4.14. The second kappa shape index (κ2) is 6.05. The van der Waals surface area contributed by atoms with Gasteiger partial charge in [0, 0.05) is 6.42 Å². The van der Waals surface area contributed by atoms with Crippen LogP contribution in [0.4, 0.5) is 0 Å². The molecule has 1 aromatic carbocycles. The van der Waals surface area contributed by atoms with Crippen molar-refractivity contribution in [3.8, 4) is 0 Å². The molecule has 0 fully saturated rings. The number of cyclic esters (lactones) is 1. The van der Waals surface area contributed by atoms with Gasteiger partial charge in [-0.3, -0.25) is 0 Å². The molecule has 0 spiro atoms. The molecular weight excluding hydrogens is 317 g/mol. The predicted octanol–water partition coefficient (Wildman–Crippen LogP) is 2.77. The van der Waals surface area contributed by atoms with Crippen LogP contribution in [0.15, 0.2) is 45.6 Å². The van der Waals surface area contributed by atoms with Gasteiger partial charge in [-0.25, -0.2) is 4.79 Å². The molecule has 0 saturated carbocycles. The molecule has 21 heavy (non-hydrogen) atoms. The van der Waals surface area contributed by atoms with E-state index in [2.05, 4.69) is 5.16 Å². The molecule has 7 heteroatoms. The number of hydrogen-bond donors (Lipinski definition) is 0. The number of nitrogens with zero attached hydrogens (tertiary/aromatic N) is 1. The second-order valence-corrected chi connectivity index (χ2v) is 5.35. The average Bonchev–Trinajstić information content (AvgIpc) is 3.07. The third-order valence-corrected chi connectivity index (χ3v) is 3.91. The highest BCUT2D eigenvalue weighted by molar-refractivity contribution is 6.48. The summed E-state index contributed by atoms with van der Waals surface area (Å²) in [6.45, 7) is 0.193. The summed E-state index contributed by atoms with van der Waals surface area (Å²) in [4.78, 5) is 16.5. The van der Waals surface area contributed by atoms with Gasteiger partial charge in [0.2, 0.25) is 6.29 Å². The summed E-state index contributed by atoms with van der Waals surface area (Å²) in [5.41, 5.74) is 1.86. The van der Waals surface area contributed by atoms with Gasteiger partial charge in [-0.15, -0.1) is 0 Å². The molecule has 0 N–H and O–H groups in total. The Hall–Kier alpha value is -1.56. The first-order chi connectivity index (χ1) is 10.1. The molecule has 2 unspecified atom stereocenters. The van der Waals surface area contributed by atoms with Crippen molar-refractivity contribution < 1.29 is 19.1 Å². The van der Waals surface area contributed by atoms with Crippen molar-refractivity contribution in [3.05, 3.63) is 46.0 Å². The number of oxime groups is 1. The van der Waals surface area contributed by atoms with Gasteiger partial charge in [-0.1, -0.05) is 58.7 Å². The van der Waals surface area contributed by atoms with Crippen LogP contribution in [0.2, 0.25) is 0 Å². The summed E-state index contributed by atoms with van der Waals surface area (Å²) in [5.74, 6) is -0.680. The minimum atomic E-state index is -0.962. The fourth-order valence-electron chi connectivity index (χ4n) is 2.02. The van der Waals surface area contributed by atoms with Crippen LogP contribution in [0.1, 0.15) is 12.0 Å². The molecule has 0 radical (unpaired) electrons. The van der Waals surface area contributed by atoms with E-state index in [1.165, 1.54) is 0 Å². The molecule has 0 aromatic heterocycles. The number of halogens is 2. The molecule has 0 bridgehead atoms. The molecule has 110 valence electrons. The van der Waals surface area contributed by atoms with Crippen molar-refractivity contribution in [2.24, 2.45) is 5.16 Å². The van der Waals surface area contributed by atoms with Crippen molar-refractivity contribution in [3.63, 3.8) is 0 Å². The highest BCUT2D eigenvalue weighted by Crippen LogP contribution is 2.30. The third kappa shape index (κ3) is 3.05. The fraction of sp³-hybridized carbons (Fsp3) is 0.286. The standard InChI is InChI=1S/C14H11Cl2NO4/c15-11-12(16)14(20-13(11)18)19-7-9-6-10(17-21-9)8-4-2-1-3-5-8/h1-5,9,14H,6-7H2. The number of ether oxygens (including phenoxy) is 2. The van der Waals surface area contributed by atoms with Crippen molar-refractivity contribution in [1.29, 1.82) is 0 Å². The van der Waals surface area contributed by atoms with Gasteiger partial charge in [0.15, 0.2) is 6.10 Å². The monoisotopic (exact) mass is 327 g/mol. The van der Waals surface area contributed by atoms with Crippen LogP contribution in [0.25, 0.3) is 0 Å². The lowest BCUT2D eigenvalue weighted by Crippen LogP contribution is -2.23. The van der Waals surface area contributed by atoms with Crippen molar-refractivity contribution in [2.75, 3.05) is 6.61 Å². The third-order valence-electron chi connectivity index (χ3n) is 3.08. The van der Waals surface area contributed by atoms with E-state index in [-0.39, 0.29) is 22.8 Å². The Balaban J connectivity index is 1.52. The molecule has 0 amide bonds. The topological polar surface area (TPSA) is 57.1 Å². The number of carbonyl (C=O) groups is 1. The zero-order valence-electron chi connectivity index (χ0n) is 10.8. The van der Waals surface area contributed by atoms with E-state index in [1.807, 2.05) is 30.3 Å². The van der Waals surface area contributed by atoms with Gasteiger partial charge in [0.25, 0.3) is 0 Å². The Morgan fingerprint density at radius 3 is 2.71 bits per heavy atom. The van der Waals surface area contributed by atoms with Crippen molar-refractivity contribution in [2.45, 2.75) is 18.8 Å². The van der Waals surface area contributed by atoms with Crippen LogP contribution in [-0.4, -0.2) is 30.7 Å². The lowest BCUT2D eigenvalue weighted by Gasteiger charge is -2.14. The largest absolute Gasteiger partial charge is 0.426 e. The average molecular weight is 328 g/mol. The highest BCUT2D eigenvalue weighted by Gasteiger charge is 2.34. The maximum atomic E-state index is 11.2. The van der Waals surface area contributed by atoms with E-state index in [0.717, 1.165) is 11.3 Å². The number of hydrogen-bond acceptors (Lipinski definition) is 5. The number of carbonyl (C=O) groups excluding carboxylic acids is 1. The first-order valence-corrected chi connectivity index (χ1v) is 7.06. The maximum absolute atomic E-state index is 11.2. The van der Waals surface area contributed by atoms with E-state index >= 15 is 0 Å². The molecule has 2 atom stereocenters. The molecule has 2 aliphatic rings. The van der Waals surface area contributed by atoms with E-state index in [9.17, 15) is 4.79 Å². The lowest BCUT2D eigenvalue weighted by atomic mass is 10.1. The van der Waals surface area contributed by atoms with Crippen molar-refractivity contribution >= 4 is 34.9 Å². The smallest absolute Gasteiger partial charge is 0.353 e. The Morgan fingerprint density at radius 1 is 1.29 bits per heavy atom. The molecule has 0 saturated heterocycles. The van der Waals surface area contributed by atoms with Crippen molar-refractivity contribution in [1.82, 2.24) is 0 Å². The van der Waals surface area contributed by atoms with Gasteiger partial charge in [0.05, 0.1) is 12.3 Å². The summed E-state index contributed by atoms with van der Waals surface area (Å²) in [5, 5.41) is 3.96. The molecular formula is C14H11Cl2NO4. The number of rotatable bonds is 4. The molecule has 2 heterocycles. The summed E-state index contributed by atoms with van der Waals surface area (Å²) in [7, 11) is 0. The zero-order chi connectivity index (χ0) is 14.8. The van der Waals surface area contributed by atoms with E-state index in [4.69, 9.17) is 37.5 Å². The molecule has 1 aromatic rings. The molecule has 0 aliphatic carbocycles. The van der Waals surface area contributed by atoms with Gasteiger partial charge < -0.3 is 14.3 Å². The summed E-state index contributed by atoms with van der Waals surface area (Å²) < 4.78 is 10.3. The van der Waals surface area contributed by atoms with Gasteiger partial charge in [-0.05, 0) is 5.56 Å². The summed E-state index contributed by atoms with van der Waals surface area (Å²) in [6.07, 6.45) is -0.599. The normalized spacial score (nSPS) is 24.9. The fourth-order valence-corrected chi connectivity index (χ4v) is 2.34. The lowest BCUT2D eigenvalue weighted by molar-refractivity contribution is -0.163. The zero-order valence-corrected chi connectivity index (χ0v) is 12.3. The first kappa shape index (κ1) is 14.4. The number of benzene rings is 1. The van der Waals surface area contributed by atoms with Crippen LogP contribution in [0, 0.1) is 0 Å². The SMILES string of the molecule is O=C1OC(OCC2CC(c3ccccc3)=NO2)C(Cl)=C1Cl. The van der Waals surface area contributed by atoms with Crippen LogP contribution in [0.5, 0.6) is 0 Å². The predicted molar refractivity (Wildman–Crippen MR) is 77.0 cm³/mol. The number of esters is 1. The van der Waals surface area contributed by atoms with Crippen LogP contribution >= 0.6 is 23.2 Å². The van der Waals surface area contributed by atoms with E-state index in [0.29, 0.717) is 6.42 Å². The molecule has 3 rings (SSSR count). The van der Waals surface area contributed by atoms with Gasteiger partial charge in [0.1, 0.15) is 10.1 Å². The molecule has 5 nitrogen and oxygen atoms in total. The Morgan fingerprint density at radius 2 is 2.05 bits per heavy atom. The summed E-state index contributed by atoms with van der Waals surface area (Å²) in [6, 6.07) is 9.73. The Labute approximate surface area is 131 Å².